The summed E-state index contributed by atoms with van der Waals surface area (Å²) in [6, 6.07) is 8.56. The molecule has 0 N–H and O–H groups in total. The zero-order valence-electron chi connectivity index (χ0n) is 16.0. The minimum absolute atomic E-state index is 0.191. The second kappa shape index (κ2) is 11.5. The fraction of sp³-hybridized carbons (Fsp3) is 0.727. The van der Waals surface area contributed by atoms with Gasteiger partial charge < -0.3 is 4.74 Å². The van der Waals surface area contributed by atoms with Crippen LogP contribution in [0, 0.1) is 0 Å². The van der Waals surface area contributed by atoms with E-state index in [9.17, 15) is 0 Å². The first kappa shape index (κ1) is 20.1. The van der Waals surface area contributed by atoms with Crippen molar-refractivity contribution in [1.29, 1.82) is 0 Å². The van der Waals surface area contributed by atoms with E-state index in [2.05, 4.69) is 52.0 Å². The van der Waals surface area contributed by atoms with Crippen LogP contribution < -0.4 is 4.74 Å². The zero-order chi connectivity index (χ0) is 17.0. The maximum absolute atomic E-state index is 5.91. The number of hydrogen-bond donors (Lipinski definition) is 0. The highest BCUT2D eigenvalue weighted by Crippen LogP contribution is 2.25. The smallest absolute Gasteiger partial charge is 0.119 e. The zero-order valence-corrected chi connectivity index (χ0v) is 16.0. The molecule has 0 saturated heterocycles. The van der Waals surface area contributed by atoms with Gasteiger partial charge in [-0.15, -0.1) is 0 Å². The Labute approximate surface area is 144 Å². The second-order valence-corrected chi connectivity index (χ2v) is 7.81. The van der Waals surface area contributed by atoms with Crippen LogP contribution in [0.15, 0.2) is 24.3 Å². The molecule has 0 unspecified atom stereocenters. The van der Waals surface area contributed by atoms with Gasteiger partial charge in [0.05, 0.1) is 6.61 Å². The summed E-state index contributed by atoms with van der Waals surface area (Å²) in [7, 11) is 0. The Morgan fingerprint density at radius 3 is 1.91 bits per heavy atom. The third-order valence-corrected chi connectivity index (χ3v) is 4.47. The molecule has 1 nitrogen and oxygen atoms in total. The van der Waals surface area contributed by atoms with Crippen molar-refractivity contribution < 1.29 is 4.74 Å². The van der Waals surface area contributed by atoms with E-state index in [1.807, 2.05) is 0 Å². The Morgan fingerprint density at radius 2 is 1.35 bits per heavy atom. The molecule has 1 aromatic carbocycles. The molecule has 0 aliphatic heterocycles. The van der Waals surface area contributed by atoms with Crippen LogP contribution in [0.25, 0.3) is 0 Å². The summed E-state index contributed by atoms with van der Waals surface area (Å²) >= 11 is 0. The maximum atomic E-state index is 5.91. The van der Waals surface area contributed by atoms with Gasteiger partial charge in [0.25, 0.3) is 0 Å². The first-order valence-electron chi connectivity index (χ1n) is 9.77. The SMILES string of the molecule is CCCCCCCCCCCCOc1cccc(C(C)(C)C)c1. The van der Waals surface area contributed by atoms with Gasteiger partial charge in [0.1, 0.15) is 5.75 Å². The van der Waals surface area contributed by atoms with Crippen molar-refractivity contribution in [3.8, 4) is 5.75 Å². The Bertz CT molecular complexity index is 403. The monoisotopic (exact) mass is 318 g/mol. The van der Waals surface area contributed by atoms with E-state index < -0.39 is 0 Å². The van der Waals surface area contributed by atoms with Crippen LogP contribution in [0.5, 0.6) is 5.75 Å². The topological polar surface area (TPSA) is 9.23 Å². The molecule has 0 aliphatic rings. The van der Waals surface area contributed by atoms with Gasteiger partial charge >= 0.3 is 0 Å². The predicted molar refractivity (Wildman–Crippen MR) is 102 cm³/mol. The van der Waals surface area contributed by atoms with E-state index in [0.717, 1.165) is 12.4 Å². The maximum Gasteiger partial charge on any atom is 0.119 e. The third kappa shape index (κ3) is 9.69. The highest BCUT2D eigenvalue weighted by molar-refractivity contribution is 5.32. The van der Waals surface area contributed by atoms with Gasteiger partial charge in [-0.05, 0) is 29.5 Å². The van der Waals surface area contributed by atoms with Crippen molar-refractivity contribution in [2.45, 2.75) is 97.3 Å². The van der Waals surface area contributed by atoms with E-state index in [1.54, 1.807) is 0 Å². The van der Waals surface area contributed by atoms with Gasteiger partial charge in [0.15, 0.2) is 0 Å². The van der Waals surface area contributed by atoms with Crippen LogP contribution in [-0.2, 0) is 5.41 Å². The Morgan fingerprint density at radius 1 is 0.783 bits per heavy atom. The fourth-order valence-electron chi connectivity index (χ4n) is 2.83. The molecule has 0 bridgehead atoms. The third-order valence-electron chi connectivity index (χ3n) is 4.47. The molecule has 0 radical (unpaired) electrons. The van der Waals surface area contributed by atoms with Gasteiger partial charge in [-0.1, -0.05) is 97.6 Å². The van der Waals surface area contributed by atoms with Gasteiger partial charge in [-0.2, -0.15) is 0 Å². The quantitative estimate of drug-likeness (QED) is 0.368. The molecule has 23 heavy (non-hydrogen) atoms. The minimum atomic E-state index is 0.191. The highest BCUT2D eigenvalue weighted by atomic mass is 16.5. The largest absolute Gasteiger partial charge is 0.494 e. The number of benzene rings is 1. The van der Waals surface area contributed by atoms with Gasteiger partial charge in [0, 0.05) is 0 Å². The normalized spacial score (nSPS) is 11.7. The molecule has 1 aromatic rings. The molecular formula is C22H38O. The van der Waals surface area contributed by atoms with E-state index in [4.69, 9.17) is 4.74 Å². The van der Waals surface area contributed by atoms with E-state index in [1.165, 1.54) is 69.8 Å². The van der Waals surface area contributed by atoms with Gasteiger partial charge in [0.2, 0.25) is 0 Å². The van der Waals surface area contributed by atoms with E-state index in [-0.39, 0.29) is 5.41 Å². The van der Waals surface area contributed by atoms with Crippen molar-refractivity contribution in [1.82, 2.24) is 0 Å². The van der Waals surface area contributed by atoms with Gasteiger partial charge in [-0.25, -0.2) is 0 Å². The Balaban J connectivity index is 2.03. The predicted octanol–water partition coefficient (Wildman–Crippen LogP) is 7.28. The van der Waals surface area contributed by atoms with Crippen LogP contribution in [0.2, 0.25) is 0 Å². The molecule has 0 saturated carbocycles. The molecule has 0 fully saturated rings. The second-order valence-electron chi connectivity index (χ2n) is 7.81. The van der Waals surface area contributed by atoms with Crippen molar-refractivity contribution in [2.24, 2.45) is 0 Å². The number of rotatable bonds is 12. The van der Waals surface area contributed by atoms with E-state index >= 15 is 0 Å². The fourth-order valence-corrected chi connectivity index (χ4v) is 2.83. The lowest BCUT2D eigenvalue weighted by Gasteiger charge is -2.19. The molecule has 1 rings (SSSR count). The van der Waals surface area contributed by atoms with Crippen LogP contribution >= 0.6 is 0 Å². The van der Waals surface area contributed by atoms with Crippen LogP contribution in [0.1, 0.15) is 97.5 Å². The van der Waals surface area contributed by atoms with Crippen LogP contribution in [0.4, 0.5) is 0 Å². The average molecular weight is 319 g/mol. The summed E-state index contributed by atoms with van der Waals surface area (Å²) in [5, 5.41) is 0. The van der Waals surface area contributed by atoms with Crippen molar-refractivity contribution in [3.63, 3.8) is 0 Å². The van der Waals surface area contributed by atoms with Gasteiger partial charge in [-0.3, -0.25) is 0 Å². The lowest BCUT2D eigenvalue weighted by Crippen LogP contribution is -2.11. The number of ether oxygens (including phenoxy) is 1. The molecule has 132 valence electrons. The summed E-state index contributed by atoms with van der Waals surface area (Å²) < 4.78 is 5.91. The molecular weight excluding hydrogens is 280 g/mol. The van der Waals surface area contributed by atoms with Crippen molar-refractivity contribution in [3.05, 3.63) is 29.8 Å². The molecule has 0 amide bonds. The summed E-state index contributed by atoms with van der Waals surface area (Å²) in [5.41, 5.74) is 1.54. The Kier molecular flexibility index (Phi) is 10.1. The first-order valence-corrected chi connectivity index (χ1v) is 9.77. The molecule has 0 atom stereocenters. The molecule has 1 heteroatoms. The van der Waals surface area contributed by atoms with Crippen LogP contribution in [0.3, 0.4) is 0 Å². The van der Waals surface area contributed by atoms with E-state index in [0.29, 0.717) is 0 Å². The highest BCUT2D eigenvalue weighted by Gasteiger charge is 2.13. The average Bonchev–Trinajstić information content (AvgIpc) is 2.52. The summed E-state index contributed by atoms with van der Waals surface area (Å²) in [6.45, 7) is 9.86. The summed E-state index contributed by atoms with van der Waals surface area (Å²) in [6.07, 6.45) is 13.7. The lowest BCUT2D eigenvalue weighted by atomic mass is 9.87. The molecule has 0 aromatic heterocycles. The van der Waals surface area contributed by atoms with Crippen molar-refractivity contribution in [2.75, 3.05) is 6.61 Å². The minimum Gasteiger partial charge on any atom is -0.494 e. The Hall–Kier alpha value is -0.980. The van der Waals surface area contributed by atoms with Crippen molar-refractivity contribution >= 4 is 0 Å². The number of hydrogen-bond acceptors (Lipinski definition) is 1. The summed E-state index contributed by atoms with van der Waals surface area (Å²) in [5.74, 6) is 1.02. The summed E-state index contributed by atoms with van der Waals surface area (Å²) in [4.78, 5) is 0. The molecule has 0 spiro atoms. The van der Waals surface area contributed by atoms with Crippen LogP contribution in [-0.4, -0.2) is 6.61 Å². The number of unbranched alkanes of at least 4 members (excludes halogenated alkanes) is 9. The molecule has 0 heterocycles. The lowest BCUT2D eigenvalue weighted by molar-refractivity contribution is 0.303. The standard InChI is InChI=1S/C22H38O/c1-5-6-7-8-9-10-11-12-13-14-18-23-21-17-15-16-20(19-21)22(2,3)4/h15-17,19H,5-14,18H2,1-4H3. The first-order chi connectivity index (χ1) is 11.0. The molecule has 0 aliphatic carbocycles.